The van der Waals surface area contributed by atoms with Crippen molar-refractivity contribution in [1.82, 2.24) is 0 Å². The summed E-state index contributed by atoms with van der Waals surface area (Å²) >= 11 is 0. The Bertz CT molecular complexity index is 654. The summed E-state index contributed by atoms with van der Waals surface area (Å²) in [7, 11) is 0. The molecular formula is C24H34O5. The Morgan fingerprint density at radius 1 is 0.655 bits per heavy atom. The second-order valence-corrected chi connectivity index (χ2v) is 6.02. The van der Waals surface area contributed by atoms with E-state index in [1.54, 1.807) is 38.2 Å². The maximum absolute atomic E-state index is 10.6. The average molecular weight is 403 g/mol. The lowest BCUT2D eigenvalue weighted by Gasteiger charge is -1.90. The van der Waals surface area contributed by atoms with Gasteiger partial charge in [0.2, 0.25) is 0 Å². The molecule has 0 heterocycles. The van der Waals surface area contributed by atoms with Crippen LogP contribution >= 0.6 is 0 Å². The molecule has 0 aromatic carbocycles. The van der Waals surface area contributed by atoms with E-state index in [0.717, 1.165) is 24.4 Å². The molecule has 0 rings (SSSR count). The van der Waals surface area contributed by atoms with Gasteiger partial charge >= 0.3 is 11.9 Å². The van der Waals surface area contributed by atoms with Gasteiger partial charge in [-0.1, -0.05) is 71.9 Å². The summed E-state index contributed by atoms with van der Waals surface area (Å²) in [6.45, 7) is 12.6. The number of carboxylic acids is 2. The number of rotatable bonds is 10. The van der Waals surface area contributed by atoms with E-state index in [-0.39, 0.29) is 11.1 Å². The van der Waals surface area contributed by atoms with Gasteiger partial charge in [0.15, 0.2) is 0 Å². The molecular weight excluding hydrogens is 368 g/mol. The number of hydrogen-bond acceptors (Lipinski definition) is 3. The van der Waals surface area contributed by atoms with Crippen molar-refractivity contribution >= 4 is 11.9 Å². The van der Waals surface area contributed by atoms with Crippen LogP contribution < -0.4 is 0 Å². The van der Waals surface area contributed by atoms with Crippen molar-refractivity contribution in [2.75, 3.05) is 13.2 Å². The van der Waals surface area contributed by atoms with E-state index in [1.807, 2.05) is 64.2 Å². The Kier molecular flexibility index (Phi) is 18.0. The van der Waals surface area contributed by atoms with Crippen LogP contribution in [0.5, 0.6) is 0 Å². The molecule has 0 radical (unpaired) electrons. The van der Waals surface area contributed by atoms with Gasteiger partial charge in [-0.2, -0.15) is 0 Å². The lowest BCUT2D eigenvalue weighted by Crippen LogP contribution is -1.94. The van der Waals surface area contributed by atoms with Crippen molar-refractivity contribution in [2.24, 2.45) is 0 Å². The molecule has 0 bridgehead atoms. The summed E-state index contributed by atoms with van der Waals surface area (Å²) in [6.07, 6.45) is 17.7. The second-order valence-electron chi connectivity index (χ2n) is 6.02. The predicted octanol–water partition coefficient (Wildman–Crippen LogP) is 5.65. The summed E-state index contributed by atoms with van der Waals surface area (Å²) < 4.78 is 4.83. The van der Waals surface area contributed by atoms with Gasteiger partial charge in [-0.15, -0.1) is 0 Å². The molecule has 0 fully saturated rings. The molecule has 2 N–H and O–H groups in total. The smallest absolute Gasteiger partial charge is 0.331 e. The van der Waals surface area contributed by atoms with E-state index in [2.05, 4.69) is 0 Å². The van der Waals surface area contributed by atoms with E-state index < -0.39 is 11.9 Å². The number of hydrogen-bond donors (Lipinski definition) is 2. The van der Waals surface area contributed by atoms with Gasteiger partial charge in [0.25, 0.3) is 0 Å². The minimum atomic E-state index is -0.928. The second kappa shape index (κ2) is 18.4. The van der Waals surface area contributed by atoms with Crippen molar-refractivity contribution in [3.05, 3.63) is 83.1 Å². The number of carbonyl (C=O) groups is 2. The molecule has 0 amide bonds. The Morgan fingerprint density at radius 2 is 1.00 bits per heavy atom. The Labute approximate surface area is 174 Å². The molecule has 0 aliphatic carbocycles. The van der Waals surface area contributed by atoms with E-state index in [4.69, 9.17) is 14.9 Å². The van der Waals surface area contributed by atoms with E-state index in [9.17, 15) is 9.59 Å². The van der Waals surface area contributed by atoms with Crippen molar-refractivity contribution < 1.29 is 24.5 Å². The van der Waals surface area contributed by atoms with Crippen LogP contribution in [0, 0.1) is 0 Å². The fourth-order valence-electron chi connectivity index (χ4n) is 1.56. The van der Waals surface area contributed by atoms with E-state index in [0.29, 0.717) is 0 Å². The maximum Gasteiger partial charge on any atom is 0.331 e. The molecule has 5 nitrogen and oxygen atoms in total. The highest BCUT2D eigenvalue weighted by Gasteiger charge is 1.96. The van der Waals surface area contributed by atoms with Gasteiger partial charge in [-0.05, 0) is 41.5 Å². The molecule has 0 aromatic heterocycles. The van der Waals surface area contributed by atoms with Crippen LogP contribution in [-0.4, -0.2) is 35.4 Å². The average Bonchev–Trinajstić information content (AvgIpc) is 2.66. The molecule has 0 unspecified atom stereocenters. The summed E-state index contributed by atoms with van der Waals surface area (Å²) in [4.78, 5) is 21.2. The Morgan fingerprint density at radius 3 is 1.24 bits per heavy atom. The van der Waals surface area contributed by atoms with E-state index >= 15 is 0 Å². The summed E-state index contributed by atoms with van der Waals surface area (Å²) in [6, 6.07) is 0. The van der Waals surface area contributed by atoms with Crippen molar-refractivity contribution in [3.8, 4) is 0 Å². The summed E-state index contributed by atoms with van der Waals surface area (Å²) in [5, 5.41) is 17.4. The Hall–Kier alpha value is -2.92. The lowest BCUT2D eigenvalue weighted by atomic mass is 10.2. The van der Waals surface area contributed by atoms with Crippen LogP contribution in [0.25, 0.3) is 0 Å². The van der Waals surface area contributed by atoms with Gasteiger partial charge in [-0.25, -0.2) is 9.59 Å². The van der Waals surface area contributed by atoms with Gasteiger partial charge in [-0.3, -0.25) is 0 Å². The van der Waals surface area contributed by atoms with Crippen LogP contribution in [0.15, 0.2) is 83.1 Å². The fraction of sp³-hybridized carbons (Fsp3) is 0.333. The molecule has 0 saturated heterocycles. The standard InChI is InChI=1S/C20H24O4.C4H10O/c1-15(11-7-13-17(3)19(21)22)9-5-6-10-16(2)12-8-14-18(4)20(23)24;1-3-5-4-2/h5-14H,1-4H3,(H,21,22)(H,23,24);3-4H2,1-2H3/b6-5+,11-7+,12-8+,15-9+,16-10+,17-13+,18-14+;. The van der Waals surface area contributed by atoms with Gasteiger partial charge in [0, 0.05) is 24.4 Å². The van der Waals surface area contributed by atoms with E-state index in [1.165, 1.54) is 0 Å². The zero-order valence-corrected chi connectivity index (χ0v) is 18.3. The lowest BCUT2D eigenvalue weighted by molar-refractivity contribution is -0.133. The number of ether oxygens (including phenoxy) is 1. The molecule has 5 heteroatoms. The molecule has 0 aliphatic heterocycles. The van der Waals surface area contributed by atoms with Gasteiger partial charge in [0.05, 0.1) is 0 Å². The SMILES string of the molecule is CC(/C=C/C=C(\C)C(=O)O)=C\C=C\C=C(C)\C=C\C=C(/C)C(=O)O.CCOCC. The monoisotopic (exact) mass is 402 g/mol. The largest absolute Gasteiger partial charge is 0.478 e. The molecule has 29 heavy (non-hydrogen) atoms. The molecule has 0 saturated carbocycles. The molecule has 0 aromatic rings. The first-order chi connectivity index (χ1) is 13.6. The number of aliphatic carboxylic acids is 2. The third-order valence-electron chi connectivity index (χ3n) is 3.32. The van der Waals surface area contributed by atoms with Crippen LogP contribution in [0.4, 0.5) is 0 Å². The minimum Gasteiger partial charge on any atom is -0.478 e. The topological polar surface area (TPSA) is 83.8 Å². The molecule has 0 spiro atoms. The van der Waals surface area contributed by atoms with Crippen molar-refractivity contribution in [1.29, 1.82) is 0 Å². The zero-order valence-electron chi connectivity index (χ0n) is 18.3. The highest BCUT2D eigenvalue weighted by Crippen LogP contribution is 2.01. The molecule has 0 aliphatic rings. The zero-order chi connectivity index (χ0) is 22.7. The van der Waals surface area contributed by atoms with Crippen LogP contribution in [0.1, 0.15) is 41.5 Å². The first kappa shape index (κ1) is 28.3. The summed E-state index contributed by atoms with van der Waals surface area (Å²) in [5.74, 6) is -1.86. The third kappa shape index (κ3) is 19.6. The van der Waals surface area contributed by atoms with Crippen LogP contribution in [0.3, 0.4) is 0 Å². The van der Waals surface area contributed by atoms with Crippen LogP contribution in [0.2, 0.25) is 0 Å². The van der Waals surface area contributed by atoms with Gasteiger partial charge in [0.1, 0.15) is 0 Å². The van der Waals surface area contributed by atoms with Crippen molar-refractivity contribution in [3.63, 3.8) is 0 Å². The highest BCUT2D eigenvalue weighted by atomic mass is 16.5. The molecule has 0 atom stereocenters. The van der Waals surface area contributed by atoms with Gasteiger partial charge < -0.3 is 14.9 Å². The quantitative estimate of drug-likeness (QED) is 0.364. The first-order valence-electron chi connectivity index (χ1n) is 9.41. The first-order valence-corrected chi connectivity index (χ1v) is 9.41. The number of carboxylic acid groups (broad SMARTS) is 2. The number of allylic oxidation sites excluding steroid dienone is 12. The summed E-state index contributed by atoms with van der Waals surface area (Å²) in [5.41, 5.74) is 2.55. The fourth-order valence-corrected chi connectivity index (χ4v) is 1.56. The Balaban J connectivity index is 0. The van der Waals surface area contributed by atoms with Crippen molar-refractivity contribution in [2.45, 2.75) is 41.5 Å². The maximum atomic E-state index is 10.6. The minimum absolute atomic E-state index is 0.284. The highest BCUT2D eigenvalue weighted by molar-refractivity contribution is 5.86. The predicted molar refractivity (Wildman–Crippen MR) is 120 cm³/mol. The molecule has 160 valence electrons. The third-order valence-corrected chi connectivity index (χ3v) is 3.32. The normalized spacial score (nSPS) is 13.9. The van der Waals surface area contributed by atoms with Crippen LogP contribution in [-0.2, 0) is 14.3 Å².